The Morgan fingerprint density at radius 1 is 1.05 bits per heavy atom. The van der Waals surface area contributed by atoms with E-state index in [1.54, 1.807) is 0 Å². The van der Waals surface area contributed by atoms with Gasteiger partial charge in [0.15, 0.2) is 0 Å². The molecule has 2 amide bonds. The molecule has 0 saturated carbocycles. The Bertz CT molecular complexity index is 313. The van der Waals surface area contributed by atoms with Gasteiger partial charge in [0, 0.05) is 11.7 Å². The normalized spacial score (nSPS) is 12.7. The molecule has 0 aliphatic carbocycles. The summed E-state index contributed by atoms with van der Waals surface area (Å²) >= 11 is 0. The lowest BCUT2D eigenvalue weighted by molar-refractivity contribution is 0.237. The fourth-order valence-corrected chi connectivity index (χ4v) is 2.22. The predicted octanol–water partition coefficient (Wildman–Crippen LogP) is 4.51. The van der Waals surface area contributed by atoms with Crippen LogP contribution in [0.2, 0.25) is 0 Å². The molecule has 0 spiro atoms. The highest BCUT2D eigenvalue weighted by molar-refractivity contribution is 5.77. The second kappa shape index (κ2) is 10.7. The molecule has 0 saturated heterocycles. The fraction of sp³-hybridized carbons (Fsp3) is 0.688. The van der Waals surface area contributed by atoms with Crippen molar-refractivity contribution in [1.29, 1.82) is 0 Å². The monoisotopic (exact) mass is 266 g/mol. The third-order valence-electron chi connectivity index (χ3n) is 3.22. The van der Waals surface area contributed by atoms with Crippen molar-refractivity contribution in [1.82, 2.24) is 10.6 Å². The smallest absolute Gasteiger partial charge is 0.319 e. The number of hydrogen-bond donors (Lipinski definition) is 2. The maximum absolute atomic E-state index is 12.0. The summed E-state index contributed by atoms with van der Waals surface area (Å²) in [7, 11) is 0. The highest BCUT2D eigenvalue weighted by Gasteiger charge is 2.12. The molecule has 0 bridgehead atoms. The summed E-state index contributed by atoms with van der Waals surface area (Å²) in [5.41, 5.74) is 2.08. The van der Waals surface area contributed by atoms with Gasteiger partial charge >= 0.3 is 6.03 Å². The highest BCUT2D eigenvalue weighted by atomic mass is 16.2. The zero-order chi connectivity index (χ0) is 14.7. The molecular formula is C16H30N2O. The third-order valence-corrected chi connectivity index (χ3v) is 3.22. The van der Waals surface area contributed by atoms with Gasteiger partial charge in [0.25, 0.3) is 0 Å². The molecule has 0 heterocycles. The number of nitrogens with one attached hydrogen (secondary N) is 2. The van der Waals surface area contributed by atoms with Gasteiger partial charge in [-0.3, -0.25) is 0 Å². The molecule has 0 aliphatic rings. The van der Waals surface area contributed by atoms with E-state index < -0.39 is 0 Å². The van der Waals surface area contributed by atoms with E-state index in [1.165, 1.54) is 5.57 Å². The number of hydrogen-bond acceptors (Lipinski definition) is 1. The Labute approximate surface area is 118 Å². The zero-order valence-electron chi connectivity index (χ0n) is 13.2. The van der Waals surface area contributed by atoms with Crippen molar-refractivity contribution >= 4 is 6.03 Å². The van der Waals surface area contributed by atoms with E-state index in [2.05, 4.69) is 31.4 Å². The van der Waals surface area contributed by atoms with Crippen LogP contribution in [0, 0.1) is 0 Å². The number of rotatable bonds is 8. The first-order valence-electron chi connectivity index (χ1n) is 7.52. The number of carbonyl (C=O) groups excluding carboxylic acids is 1. The van der Waals surface area contributed by atoms with E-state index in [9.17, 15) is 4.79 Å². The second-order valence-electron chi connectivity index (χ2n) is 4.74. The van der Waals surface area contributed by atoms with Crippen molar-refractivity contribution < 1.29 is 4.79 Å². The fourth-order valence-electron chi connectivity index (χ4n) is 2.22. The third kappa shape index (κ3) is 7.04. The first-order valence-corrected chi connectivity index (χ1v) is 7.52. The van der Waals surface area contributed by atoms with Crippen LogP contribution in [-0.2, 0) is 0 Å². The molecule has 0 aromatic rings. The lowest BCUT2D eigenvalue weighted by atomic mass is 10.1. The zero-order valence-corrected chi connectivity index (χ0v) is 13.2. The summed E-state index contributed by atoms with van der Waals surface area (Å²) in [5, 5.41) is 6.03. The van der Waals surface area contributed by atoms with Gasteiger partial charge in [-0.25, -0.2) is 4.79 Å². The molecule has 0 aliphatic heterocycles. The lowest BCUT2D eigenvalue weighted by Crippen LogP contribution is -2.41. The van der Waals surface area contributed by atoms with Crippen LogP contribution in [0.3, 0.4) is 0 Å². The Hall–Kier alpha value is -1.25. The molecule has 0 rings (SSSR count). The van der Waals surface area contributed by atoms with Gasteiger partial charge in [-0.15, -0.1) is 0 Å². The van der Waals surface area contributed by atoms with Crippen LogP contribution in [0.15, 0.2) is 23.4 Å². The minimum atomic E-state index is -0.0900. The van der Waals surface area contributed by atoms with Gasteiger partial charge < -0.3 is 10.6 Å². The number of carbonyl (C=O) groups is 1. The lowest BCUT2D eigenvalue weighted by Gasteiger charge is -2.19. The summed E-state index contributed by atoms with van der Waals surface area (Å²) in [5.74, 6) is 0. The first kappa shape index (κ1) is 17.8. The van der Waals surface area contributed by atoms with Gasteiger partial charge in [-0.05, 0) is 38.7 Å². The topological polar surface area (TPSA) is 41.1 Å². The van der Waals surface area contributed by atoms with Crippen LogP contribution in [0.5, 0.6) is 0 Å². The Kier molecular flexibility index (Phi) is 9.95. The maximum atomic E-state index is 12.0. The SMILES string of the molecule is C/C=C(CC)\C(=C/C)NC(=O)NC(CCC)CCC. The molecule has 110 valence electrons. The number of allylic oxidation sites excluding steroid dienone is 3. The Morgan fingerprint density at radius 2 is 1.63 bits per heavy atom. The van der Waals surface area contributed by atoms with Crippen LogP contribution < -0.4 is 10.6 Å². The molecule has 0 atom stereocenters. The maximum Gasteiger partial charge on any atom is 0.319 e. The van der Waals surface area contributed by atoms with Crippen molar-refractivity contribution in [3.05, 3.63) is 23.4 Å². The quantitative estimate of drug-likeness (QED) is 0.623. The van der Waals surface area contributed by atoms with Crippen LogP contribution >= 0.6 is 0 Å². The summed E-state index contributed by atoms with van der Waals surface area (Å²) in [6.07, 6.45) is 9.18. The summed E-state index contributed by atoms with van der Waals surface area (Å²) in [6.45, 7) is 10.3. The van der Waals surface area contributed by atoms with Gasteiger partial charge in [0.2, 0.25) is 0 Å². The van der Waals surface area contributed by atoms with Gasteiger partial charge in [0.05, 0.1) is 0 Å². The second-order valence-corrected chi connectivity index (χ2v) is 4.74. The van der Waals surface area contributed by atoms with Gasteiger partial charge in [0.1, 0.15) is 0 Å². The Balaban J connectivity index is 4.49. The molecule has 0 fully saturated rings. The van der Waals surface area contributed by atoms with Crippen molar-refractivity contribution in [3.8, 4) is 0 Å². The van der Waals surface area contributed by atoms with E-state index in [0.29, 0.717) is 0 Å². The van der Waals surface area contributed by atoms with E-state index >= 15 is 0 Å². The molecule has 3 nitrogen and oxygen atoms in total. The average Bonchev–Trinajstić information content (AvgIpc) is 2.39. The van der Waals surface area contributed by atoms with Crippen molar-refractivity contribution in [2.45, 2.75) is 72.8 Å². The van der Waals surface area contributed by atoms with Crippen molar-refractivity contribution in [2.24, 2.45) is 0 Å². The summed E-state index contributed by atoms with van der Waals surface area (Å²) in [6, 6.07) is 0.191. The van der Waals surface area contributed by atoms with E-state index in [4.69, 9.17) is 0 Å². The minimum Gasteiger partial charge on any atom is -0.335 e. The molecule has 0 unspecified atom stereocenters. The summed E-state index contributed by atoms with van der Waals surface area (Å²) in [4.78, 5) is 12.0. The molecule has 3 heteroatoms. The molecular weight excluding hydrogens is 236 g/mol. The van der Waals surface area contributed by atoms with Gasteiger partial charge in [-0.1, -0.05) is 45.8 Å². The van der Waals surface area contributed by atoms with Crippen LogP contribution in [-0.4, -0.2) is 12.1 Å². The van der Waals surface area contributed by atoms with Gasteiger partial charge in [-0.2, -0.15) is 0 Å². The van der Waals surface area contributed by atoms with Crippen LogP contribution in [0.4, 0.5) is 4.79 Å². The number of urea groups is 1. The summed E-state index contributed by atoms with van der Waals surface area (Å²) < 4.78 is 0. The molecule has 0 aromatic heterocycles. The Morgan fingerprint density at radius 3 is 2.00 bits per heavy atom. The molecule has 0 aromatic carbocycles. The van der Waals surface area contributed by atoms with Crippen LogP contribution in [0.25, 0.3) is 0 Å². The molecule has 19 heavy (non-hydrogen) atoms. The number of amides is 2. The standard InChI is InChI=1S/C16H30N2O/c1-6-11-14(12-7-2)17-16(19)18-15(10-5)13(8-3)9-4/h8,10,14H,6-7,9,11-12H2,1-5H3,(H2,17,18,19)/b13-8-,15-10+. The van der Waals surface area contributed by atoms with Crippen molar-refractivity contribution in [2.75, 3.05) is 0 Å². The van der Waals surface area contributed by atoms with Crippen molar-refractivity contribution in [3.63, 3.8) is 0 Å². The molecule has 0 radical (unpaired) electrons. The largest absolute Gasteiger partial charge is 0.335 e. The van der Waals surface area contributed by atoms with E-state index in [0.717, 1.165) is 37.8 Å². The average molecular weight is 266 g/mol. The van der Waals surface area contributed by atoms with E-state index in [-0.39, 0.29) is 12.1 Å². The molecule has 2 N–H and O–H groups in total. The first-order chi connectivity index (χ1) is 9.12. The predicted molar refractivity (Wildman–Crippen MR) is 83.1 cm³/mol. The highest BCUT2D eigenvalue weighted by Crippen LogP contribution is 2.11. The minimum absolute atomic E-state index is 0.0900. The van der Waals surface area contributed by atoms with Crippen LogP contribution in [0.1, 0.15) is 66.7 Å². The van der Waals surface area contributed by atoms with E-state index in [1.807, 2.05) is 26.0 Å².